The number of thiazole rings is 1. The van der Waals surface area contributed by atoms with Gasteiger partial charge in [-0.25, -0.2) is 4.98 Å². The minimum Gasteiger partial charge on any atom is -0.497 e. The van der Waals surface area contributed by atoms with Gasteiger partial charge in [0.25, 0.3) is 0 Å². The van der Waals surface area contributed by atoms with Crippen molar-refractivity contribution in [1.29, 1.82) is 5.26 Å². The molecule has 0 N–H and O–H groups in total. The lowest BCUT2D eigenvalue weighted by Gasteiger charge is -2.11. The van der Waals surface area contributed by atoms with Crippen LogP contribution in [0.25, 0.3) is 22.9 Å². The molecule has 138 valence electrons. The molecule has 6 heteroatoms. The third-order valence-corrected chi connectivity index (χ3v) is 4.84. The quantitative estimate of drug-likeness (QED) is 0.488. The van der Waals surface area contributed by atoms with Gasteiger partial charge in [-0.2, -0.15) is 5.26 Å². The fourth-order valence-electron chi connectivity index (χ4n) is 2.47. The number of anilines is 1. The van der Waals surface area contributed by atoms with Gasteiger partial charge in [0.15, 0.2) is 0 Å². The van der Waals surface area contributed by atoms with Crippen molar-refractivity contribution >= 4 is 45.7 Å². The van der Waals surface area contributed by atoms with Crippen LogP contribution >= 0.6 is 28.3 Å². The van der Waals surface area contributed by atoms with E-state index in [0.717, 1.165) is 33.3 Å². The summed E-state index contributed by atoms with van der Waals surface area (Å²) >= 11 is 1.47. The van der Waals surface area contributed by atoms with E-state index in [0.29, 0.717) is 5.57 Å². The normalized spacial score (nSPS) is 10.7. The van der Waals surface area contributed by atoms with Gasteiger partial charge in [-0.1, -0.05) is 12.1 Å². The highest BCUT2D eigenvalue weighted by atomic mass is 79.9. The third kappa shape index (κ3) is 4.97. The zero-order valence-corrected chi connectivity index (χ0v) is 17.9. The summed E-state index contributed by atoms with van der Waals surface area (Å²) < 4.78 is 5.18. The second-order valence-corrected chi connectivity index (χ2v) is 6.78. The van der Waals surface area contributed by atoms with Crippen LogP contribution in [0.3, 0.4) is 0 Å². The smallest absolute Gasteiger partial charge is 0.134 e. The first-order chi connectivity index (χ1) is 12.6. The fraction of sp³-hybridized carbons (Fsp3) is 0.143. The first kappa shape index (κ1) is 20.7. The van der Waals surface area contributed by atoms with Crippen molar-refractivity contribution in [2.75, 3.05) is 26.1 Å². The van der Waals surface area contributed by atoms with Gasteiger partial charge in [0.1, 0.15) is 16.8 Å². The number of hydrogen-bond acceptors (Lipinski definition) is 5. The lowest BCUT2D eigenvalue weighted by atomic mass is 10.1. The molecule has 0 saturated heterocycles. The molecule has 1 heterocycles. The molecule has 0 spiro atoms. The second kappa shape index (κ2) is 9.36. The lowest BCUT2D eigenvalue weighted by molar-refractivity contribution is 0.415. The van der Waals surface area contributed by atoms with Gasteiger partial charge >= 0.3 is 0 Å². The first-order valence-corrected chi connectivity index (χ1v) is 8.98. The minimum atomic E-state index is 0. The predicted molar refractivity (Wildman–Crippen MR) is 119 cm³/mol. The van der Waals surface area contributed by atoms with Crippen LogP contribution in [0.4, 0.5) is 5.69 Å². The van der Waals surface area contributed by atoms with Gasteiger partial charge < -0.3 is 9.64 Å². The molecule has 0 amide bonds. The highest BCUT2D eigenvalue weighted by Gasteiger charge is 2.09. The number of nitrogens with zero attached hydrogens (tertiary/aromatic N) is 3. The van der Waals surface area contributed by atoms with Crippen molar-refractivity contribution in [2.45, 2.75) is 0 Å². The molecule has 0 aliphatic heterocycles. The van der Waals surface area contributed by atoms with Crippen LogP contribution in [-0.4, -0.2) is 26.2 Å². The molecule has 0 fully saturated rings. The maximum Gasteiger partial charge on any atom is 0.134 e. The van der Waals surface area contributed by atoms with Gasteiger partial charge in [0.05, 0.1) is 18.4 Å². The second-order valence-electron chi connectivity index (χ2n) is 5.92. The molecule has 0 aliphatic carbocycles. The van der Waals surface area contributed by atoms with Crippen molar-refractivity contribution < 1.29 is 4.74 Å². The Labute approximate surface area is 174 Å². The molecular weight excluding hydrogens is 422 g/mol. The highest BCUT2D eigenvalue weighted by molar-refractivity contribution is 8.93. The number of methoxy groups -OCH3 is 1. The molecule has 4 nitrogen and oxygen atoms in total. The molecule has 2 aromatic carbocycles. The van der Waals surface area contributed by atoms with Crippen LogP contribution in [0, 0.1) is 11.3 Å². The van der Waals surface area contributed by atoms with Crippen LogP contribution in [0.2, 0.25) is 0 Å². The number of rotatable bonds is 5. The Morgan fingerprint density at radius 1 is 1.11 bits per heavy atom. The number of allylic oxidation sites excluding steroid dienone is 1. The summed E-state index contributed by atoms with van der Waals surface area (Å²) in [5, 5.41) is 12.2. The summed E-state index contributed by atoms with van der Waals surface area (Å²) in [6.45, 7) is 0. The highest BCUT2D eigenvalue weighted by Crippen LogP contribution is 2.28. The van der Waals surface area contributed by atoms with Crippen molar-refractivity contribution in [3.05, 3.63) is 64.5 Å². The number of nitriles is 1. The molecule has 0 aliphatic rings. The Bertz CT molecular complexity index is 954. The van der Waals surface area contributed by atoms with Crippen LogP contribution in [0.15, 0.2) is 53.9 Å². The van der Waals surface area contributed by atoms with Gasteiger partial charge in [0, 0.05) is 30.7 Å². The van der Waals surface area contributed by atoms with E-state index in [4.69, 9.17) is 4.74 Å². The molecule has 0 unspecified atom stereocenters. The van der Waals surface area contributed by atoms with E-state index in [2.05, 4.69) is 11.1 Å². The van der Waals surface area contributed by atoms with E-state index in [1.54, 1.807) is 7.11 Å². The molecule has 0 saturated carbocycles. The van der Waals surface area contributed by atoms with E-state index in [1.165, 1.54) is 11.3 Å². The molecular formula is C21H20BrN3OS. The Morgan fingerprint density at radius 3 is 2.33 bits per heavy atom. The molecule has 0 atom stereocenters. The molecule has 3 aromatic rings. The number of benzene rings is 2. The molecule has 27 heavy (non-hydrogen) atoms. The first-order valence-electron chi connectivity index (χ1n) is 8.10. The maximum absolute atomic E-state index is 9.56. The number of ether oxygens (including phenoxy) is 1. The number of aromatic nitrogens is 1. The summed E-state index contributed by atoms with van der Waals surface area (Å²) in [5.74, 6) is 0.808. The van der Waals surface area contributed by atoms with Crippen LogP contribution in [0.5, 0.6) is 5.75 Å². The zero-order valence-electron chi connectivity index (χ0n) is 15.3. The Balaban J connectivity index is 0.00000261. The molecule has 1 aromatic heterocycles. The third-order valence-electron chi connectivity index (χ3n) is 3.96. The summed E-state index contributed by atoms with van der Waals surface area (Å²) in [5.41, 5.74) is 4.52. The molecule has 0 radical (unpaired) electrons. The predicted octanol–water partition coefficient (Wildman–Crippen LogP) is 5.53. The Morgan fingerprint density at radius 2 is 1.78 bits per heavy atom. The maximum atomic E-state index is 9.56. The number of hydrogen-bond donors (Lipinski definition) is 0. The summed E-state index contributed by atoms with van der Waals surface area (Å²) in [7, 11) is 5.65. The molecule has 3 rings (SSSR count). The summed E-state index contributed by atoms with van der Waals surface area (Å²) in [4.78, 5) is 6.67. The Hall–Kier alpha value is -2.62. The standard InChI is InChI=1S/C21H19N3OS.BrH/c1-24(2)18-8-4-15(5-9-18)12-17(13-22)21-23-20(14-26-21)16-6-10-19(25-3)11-7-16;/h4-12,14H,1-3H3;1H. The van der Waals surface area contributed by atoms with Crippen LogP contribution in [-0.2, 0) is 0 Å². The van der Waals surface area contributed by atoms with E-state index in [1.807, 2.05) is 79.0 Å². The topological polar surface area (TPSA) is 49.1 Å². The van der Waals surface area contributed by atoms with Crippen molar-refractivity contribution in [3.8, 4) is 23.1 Å². The van der Waals surface area contributed by atoms with E-state index < -0.39 is 0 Å². The summed E-state index contributed by atoms with van der Waals surface area (Å²) in [6.07, 6.45) is 1.87. The largest absolute Gasteiger partial charge is 0.497 e. The average molecular weight is 442 g/mol. The van der Waals surface area contributed by atoms with Gasteiger partial charge in [-0.05, 0) is 48.0 Å². The van der Waals surface area contributed by atoms with Crippen molar-refractivity contribution in [1.82, 2.24) is 4.98 Å². The summed E-state index contributed by atoms with van der Waals surface area (Å²) in [6, 6.07) is 18.1. The monoisotopic (exact) mass is 441 g/mol. The minimum absolute atomic E-state index is 0. The number of halogens is 1. The fourth-order valence-corrected chi connectivity index (χ4v) is 3.26. The van der Waals surface area contributed by atoms with Gasteiger partial charge in [0.2, 0.25) is 0 Å². The van der Waals surface area contributed by atoms with Gasteiger partial charge in [-0.15, -0.1) is 28.3 Å². The average Bonchev–Trinajstić information content (AvgIpc) is 3.16. The molecule has 0 bridgehead atoms. The van der Waals surface area contributed by atoms with Gasteiger partial charge in [-0.3, -0.25) is 0 Å². The van der Waals surface area contributed by atoms with Crippen molar-refractivity contribution in [2.24, 2.45) is 0 Å². The Kier molecular flexibility index (Phi) is 7.17. The SMILES string of the molecule is Br.COc1ccc(-c2csc(C(C#N)=Cc3ccc(N(C)C)cc3)n2)cc1. The van der Waals surface area contributed by atoms with Crippen LogP contribution in [0.1, 0.15) is 10.6 Å². The van der Waals surface area contributed by atoms with E-state index >= 15 is 0 Å². The zero-order chi connectivity index (χ0) is 18.5. The van der Waals surface area contributed by atoms with Crippen LogP contribution < -0.4 is 9.64 Å². The van der Waals surface area contributed by atoms with E-state index in [-0.39, 0.29) is 17.0 Å². The van der Waals surface area contributed by atoms with Crippen molar-refractivity contribution in [3.63, 3.8) is 0 Å². The van der Waals surface area contributed by atoms with E-state index in [9.17, 15) is 5.26 Å². The lowest BCUT2D eigenvalue weighted by Crippen LogP contribution is -2.07.